The quantitative estimate of drug-likeness (QED) is 0.497. The first-order valence-electron chi connectivity index (χ1n) is 10.8. The second kappa shape index (κ2) is 10.3. The molecule has 1 aromatic rings. The summed E-state index contributed by atoms with van der Waals surface area (Å²) < 4.78 is 14.7. The number of urea groups is 1. The molecule has 10 heteroatoms. The van der Waals surface area contributed by atoms with Gasteiger partial charge in [0.2, 0.25) is 5.91 Å². The average molecular weight is 449 g/mol. The number of amides is 3. The number of hydrazine groups is 2. The first-order chi connectivity index (χ1) is 15.0. The predicted octanol–water partition coefficient (Wildman–Crippen LogP) is 1.88. The molecule has 1 aliphatic carbocycles. The van der Waals surface area contributed by atoms with Crippen molar-refractivity contribution in [2.45, 2.75) is 44.2 Å². The van der Waals surface area contributed by atoms with Gasteiger partial charge in [0.1, 0.15) is 5.82 Å². The van der Waals surface area contributed by atoms with E-state index in [1.165, 1.54) is 24.1 Å². The second-order valence-electron chi connectivity index (χ2n) is 8.36. The van der Waals surface area contributed by atoms with E-state index >= 15 is 0 Å². The number of halogens is 1. The van der Waals surface area contributed by atoms with Crippen LogP contribution in [-0.4, -0.2) is 53.1 Å². The molecule has 1 aromatic carbocycles. The molecule has 8 nitrogen and oxygen atoms in total. The molecule has 1 saturated heterocycles. The molecule has 4 rings (SSSR count). The Morgan fingerprint density at radius 1 is 1.23 bits per heavy atom. The van der Waals surface area contributed by atoms with Gasteiger partial charge in [-0.15, -0.1) is 0 Å². The molecule has 31 heavy (non-hydrogen) atoms. The number of benzene rings is 1. The lowest BCUT2D eigenvalue weighted by Gasteiger charge is -2.39. The largest absolute Gasteiger partial charge is 0.351 e. The van der Waals surface area contributed by atoms with Gasteiger partial charge in [-0.3, -0.25) is 15.1 Å². The van der Waals surface area contributed by atoms with Crippen molar-refractivity contribution >= 4 is 23.9 Å². The molecule has 3 atom stereocenters. The summed E-state index contributed by atoms with van der Waals surface area (Å²) in [6.07, 6.45) is 6.62. The van der Waals surface area contributed by atoms with E-state index in [9.17, 15) is 14.0 Å². The van der Waals surface area contributed by atoms with Gasteiger partial charge in [-0.05, 0) is 54.8 Å². The van der Waals surface area contributed by atoms with Crippen LogP contribution in [0.2, 0.25) is 0 Å². The van der Waals surface area contributed by atoms with Crippen LogP contribution in [0.4, 0.5) is 9.18 Å². The number of piperazine rings is 1. The molecule has 2 heterocycles. The summed E-state index contributed by atoms with van der Waals surface area (Å²) in [7, 11) is 0. The molecule has 0 radical (unpaired) electrons. The van der Waals surface area contributed by atoms with Gasteiger partial charge in [0.05, 0.1) is 6.54 Å². The molecule has 0 bridgehead atoms. The van der Waals surface area contributed by atoms with Crippen molar-refractivity contribution in [2.75, 3.05) is 19.6 Å². The highest BCUT2D eigenvalue weighted by Gasteiger charge is 2.32. The fourth-order valence-corrected chi connectivity index (χ4v) is 5.08. The average Bonchev–Trinajstić information content (AvgIpc) is 3.24. The molecular weight excluding hydrogens is 419 g/mol. The van der Waals surface area contributed by atoms with Gasteiger partial charge in [0.15, 0.2) is 0 Å². The lowest BCUT2D eigenvalue weighted by atomic mass is 9.84. The smallest absolute Gasteiger partial charge is 0.331 e. The number of nitrogens with zero attached hydrogens (tertiary/aromatic N) is 2. The van der Waals surface area contributed by atoms with Gasteiger partial charge in [0.25, 0.3) is 0 Å². The zero-order valence-corrected chi connectivity index (χ0v) is 18.2. The lowest BCUT2D eigenvalue weighted by molar-refractivity contribution is -0.125. The highest BCUT2D eigenvalue weighted by molar-refractivity contribution is 8.00. The first kappa shape index (κ1) is 21.9. The minimum Gasteiger partial charge on any atom is -0.351 e. The number of hydrogen-bond donors (Lipinski definition) is 4. The van der Waals surface area contributed by atoms with Gasteiger partial charge in [-0.1, -0.05) is 29.5 Å². The van der Waals surface area contributed by atoms with Gasteiger partial charge in [0, 0.05) is 36.8 Å². The number of carbonyl (C=O) groups excluding carboxylic acids is 2. The molecule has 3 amide bonds. The maximum Gasteiger partial charge on any atom is 0.331 e. The highest BCUT2D eigenvalue weighted by Crippen LogP contribution is 2.26. The Labute approximate surface area is 186 Å². The summed E-state index contributed by atoms with van der Waals surface area (Å²) in [5.74, 6) is 0.0588. The van der Waals surface area contributed by atoms with E-state index in [1.54, 1.807) is 22.9 Å². The maximum absolute atomic E-state index is 13.2. The summed E-state index contributed by atoms with van der Waals surface area (Å²) in [6, 6.07) is 6.28. The molecule has 168 valence electrons. The first-order valence-corrected chi connectivity index (χ1v) is 11.6. The Morgan fingerprint density at radius 2 is 2.03 bits per heavy atom. The fourth-order valence-electron chi connectivity index (χ4n) is 4.58. The Balaban J connectivity index is 1.31. The van der Waals surface area contributed by atoms with Gasteiger partial charge in [-0.2, -0.15) is 0 Å². The van der Waals surface area contributed by atoms with E-state index in [0.29, 0.717) is 18.9 Å². The Bertz CT molecular complexity index is 800. The van der Waals surface area contributed by atoms with E-state index in [-0.39, 0.29) is 29.8 Å². The molecule has 1 saturated carbocycles. The monoisotopic (exact) mass is 448 g/mol. The third kappa shape index (κ3) is 6.34. The van der Waals surface area contributed by atoms with Crippen molar-refractivity contribution in [3.8, 4) is 0 Å². The molecule has 3 aliphatic rings. The molecule has 4 N–H and O–H groups in total. The van der Waals surface area contributed by atoms with Crippen molar-refractivity contribution < 1.29 is 14.0 Å². The fraction of sp³-hybridized carbons (Fsp3) is 0.524. The van der Waals surface area contributed by atoms with E-state index < -0.39 is 0 Å². The Hall–Kier alpha value is -2.30. The van der Waals surface area contributed by atoms with Crippen LogP contribution in [0.5, 0.6) is 0 Å². The van der Waals surface area contributed by atoms with E-state index in [2.05, 4.69) is 26.4 Å². The van der Waals surface area contributed by atoms with Gasteiger partial charge in [-0.25, -0.2) is 14.6 Å². The molecule has 0 unspecified atom stereocenters. The maximum atomic E-state index is 13.2. The van der Waals surface area contributed by atoms with E-state index in [0.717, 1.165) is 44.3 Å². The van der Waals surface area contributed by atoms with E-state index in [1.807, 2.05) is 5.41 Å². The summed E-state index contributed by atoms with van der Waals surface area (Å²) in [5, 5.41) is 8.01. The zero-order valence-electron chi connectivity index (χ0n) is 17.4. The van der Waals surface area contributed by atoms with Crippen molar-refractivity contribution in [1.29, 1.82) is 0 Å². The van der Waals surface area contributed by atoms with Crippen LogP contribution in [0.25, 0.3) is 0 Å². The minimum atomic E-state index is -0.256. The summed E-state index contributed by atoms with van der Waals surface area (Å²) in [4.78, 5) is 26.9. The molecule has 2 fully saturated rings. The van der Waals surface area contributed by atoms with Crippen LogP contribution in [0, 0.1) is 11.7 Å². The molecule has 2 aliphatic heterocycles. The van der Waals surface area contributed by atoms with Crippen LogP contribution in [0.1, 0.15) is 31.2 Å². The molecule has 0 aromatic heterocycles. The highest BCUT2D eigenvalue weighted by atomic mass is 32.2. The normalized spacial score (nSPS) is 26.9. The third-order valence-corrected chi connectivity index (χ3v) is 6.62. The van der Waals surface area contributed by atoms with Crippen LogP contribution in [-0.2, 0) is 11.2 Å². The van der Waals surface area contributed by atoms with Crippen LogP contribution >= 0.6 is 11.9 Å². The molecular formula is C21H29FN6O2S. The third-order valence-electron chi connectivity index (χ3n) is 5.95. The summed E-state index contributed by atoms with van der Waals surface area (Å²) >= 11 is 1.36. The van der Waals surface area contributed by atoms with Crippen LogP contribution < -0.4 is 21.5 Å². The SMILES string of the molecule is O=C1CN(C[C@@H]2CCCC[C@H]2NC(=O)NN2NC=CS2)C[C@H](Cc2ccc(F)cc2)N1. The van der Waals surface area contributed by atoms with Crippen LogP contribution in [0.3, 0.4) is 0 Å². The van der Waals surface area contributed by atoms with Gasteiger partial charge >= 0.3 is 6.03 Å². The van der Waals surface area contributed by atoms with E-state index in [4.69, 9.17) is 0 Å². The second-order valence-corrected chi connectivity index (χ2v) is 9.21. The Kier molecular flexibility index (Phi) is 7.31. The molecule has 0 spiro atoms. The van der Waals surface area contributed by atoms with Crippen molar-refractivity contribution in [3.63, 3.8) is 0 Å². The number of rotatable bonds is 6. The summed E-state index contributed by atoms with van der Waals surface area (Å²) in [5.41, 5.74) is 6.67. The summed E-state index contributed by atoms with van der Waals surface area (Å²) in [6.45, 7) is 1.89. The standard InChI is InChI=1S/C21H29FN6O2S/c22-17-7-5-15(6-8-17)11-18-13-27(14-20(29)24-18)12-16-3-1-2-4-19(16)25-21(30)26-28-23-9-10-31-28/h5-10,16,18-19,23H,1-4,11-14H2,(H,24,29)(H2,25,26,30)/t16-,18-,19+/m0/s1. The topological polar surface area (TPSA) is 88.7 Å². The lowest BCUT2D eigenvalue weighted by Crippen LogP contribution is -2.58. The number of carbonyl (C=O) groups is 2. The minimum absolute atomic E-state index is 0.00391. The Morgan fingerprint density at radius 3 is 2.81 bits per heavy atom. The number of hydrogen-bond acceptors (Lipinski definition) is 6. The van der Waals surface area contributed by atoms with Gasteiger partial charge < -0.3 is 10.6 Å². The van der Waals surface area contributed by atoms with Crippen molar-refractivity contribution in [3.05, 3.63) is 47.3 Å². The van der Waals surface area contributed by atoms with Crippen LogP contribution in [0.15, 0.2) is 35.9 Å². The number of nitrogens with one attached hydrogen (secondary N) is 4. The van der Waals surface area contributed by atoms with Crippen molar-refractivity contribution in [2.24, 2.45) is 5.92 Å². The predicted molar refractivity (Wildman–Crippen MR) is 118 cm³/mol. The zero-order chi connectivity index (χ0) is 21.6. The van der Waals surface area contributed by atoms with Crippen molar-refractivity contribution in [1.82, 2.24) is 30.9 Å².